The number of benzene rings is 1. The molecule has 0 fully saturated rings. The minimum absolute atomic E-state index is 0.0394. The van der Waals surface area contributed by atoms with E-state index in [4.69, 9.17) is 23.1 Å². The molecule has 0 atom stereocenters. The van der Waals surface area contributed by atoms with Gasteiger partial charge in [-0.25, -0.2) is 15.0 Å². The number of primary amides is 1. The summed E-state index contributed by atoms with van der Waals surface area (Å²) < 4.78 is 39.3. The maximum absolute atomic E-state index is 13.1. The van der Waals surface area contributed by atoms with Gasteiger partial charge in [0.15, 0.2) is 5.69 Å². The zero-order chi connectivity index (χ0) is 23.5. The number of halogens is 4. The van der Waals surface area contributed by atoms with Crippen molar-refractivity contribution in [2.45, 2.75) is 13.1 Å². The molecule has 32 heavy (non-hydrogen) atoms. The maximum atomic E-state index is 13.1. The number of nitrogen functional groups attached to an aromatic ring is 1. The monoisotopic (exact) mass is 466 g/mol. The number of carbonyl (C=O) groups is 1. The molecule has 0 aliphatic carbocycles. The average molecular weight is 467 g/mol. The Labute approximate surface area is 185 Å². The van der Waals surface area contributed by atoms with E-state index in [-0.39, 0.29) is 25.0 Å². The summed E-state index contributed by atoms with van der Waals surface area (Å²) in [6, 6.07) is 7.07. The minimum Gasteiger partial charge on any atom is -0.368 e. The standard InChI is InChI=1S/C19H18ClF3N8O/c1-9-10(3-2-4-12(9)20)13-7-14(30-17(25)29-13)26-5-6-27-18-28-8-11(16(24)32)15(31-18)19(21,22)23/h2-4,7-8H,5-6H2,1H3,(H2,24,32)(H,27,28,31)(H3,25,26,29,30). The first-order chi connectivity index (χ1) is 15.1. The molecular formula is C19H18ClF3N8O. The SMILES string of the molecule is Cc1c(Cl)cccc1-c1cc(NCCNc2ncc(C(N)=O)c(C(F)(F)F)n2)nc(N)n1. The lowest BCUT2D eigenvalue weighted by Gasteiger charge is -2.13. The number of hydrogen-bond acceptors (Lipinski definition) is 8. The quantitative estimate of drug-likeness (QED) is 0.389. The number of anilines is 3. The number of amides is 1. The summed E-state index contributed by atoms with van der Waals surface area (Å²) in [5.74, 6) is -1.12. The fourth-order valence-corrected chi connectivity index (χ4v) is 2.98. The van der Waals surface area contributed by atoms with E-state index in [2.05, 4.69) is 30.6 Å². The Balaban J connectivity index is 1.68. The van der Waals surface area contributed by atoms with Crippen LogP contribution in [0.5, 0.6) is 0 Å². The summed E-state index contributed by atoms with van der Waals surface area (Å²) in [5.41, 5.74) is 10.7. The fraction of sp³-hybridized carbons (Fsp3) is 0.211. The number of carbonyl (C=O) groups excluding carboxylic acids is 1. The van der Waals surface area contributed by atoms with Crippen molar-refractivity contribution in [2.24, 2.45) is 5.73 Å². The predicted molar refractivity (Wildman–Crippen MR) is 114 cm³/mol. The summed E-state index contributed by atoms with van der Waals surface area (Å²) in [7, 11) is 0. The number of rotatable bonds is 7. The first kappa shape index (κ1) is 23.0. The molecule has 0 saturated carbocycles. The van der Waals surface area contributed by atoms with Gasteiger partial charge in [0.05, 0.1) is 11.3 Å². The highest BCUT2D eigenvalue weighted by atomic mass is 35.5. The summed E-state index contributed by atoms with van der Waals surface area (Å²) in [6.45, 7) is 2.24. The fourth-order valence-electron chi connectivity index (χ4n) is 2.81. The van der Waals surface area contributed by atoms with Crippen molar-refractivity contribution in [3.8, 4) is 11.3 Å². The third-order valence-electron chi connectivity index (χ3n) is 4.32. The van der Waals surface area contributed by atoms with Crippen molar-refractivity contribution in [3.63, 3.8) is 0 Å². The minimum atomic E-state index is -4.85. The Morgan fingerprint density at radius 1 is 1.16 bits per heavy atom. The van der Waals surface area contributed by atoms with Crippen molar-refractivity contribution >= 4 is 35.2 Å². The highest BCUT2D eigenvalue weighted by Gasteiger charge is 2.37. The van der Waals surface area contributed by atoms with Gasteiger partial charge in [0.25, 0.3) is 5.91 Å². The van der Waals surface area contributed by atoms with Crippen LogP contribution >= 0.6 is 11.6 Å². The molecule has 0 spiro atoms. The first-order valence-corrected chi connectivity index (χ1v) is 9.56. The number of nitrogens with zero attached hydrogens (tertiary/aromatic N) is 4. The van der Waals surface area contributed by atoms with Gasteiger partial charge in [-0.3, -0.25) is 4.79 Å². The van der Waals surface area contributed by atoms with Crippen LogP contribution in [0.2, 0.25) is 5.02 Å². The molecule has 9 nitrogen and oxygen atoms in total. The molecule has 2 heterocycles. The van der Waals surface area contributed by atoms with Crippen LogP contribution in [0.3, 0.4) is 0 Å². The van der Waals surface area contributed by atoms with Gasteiger partial charge in [-0.2, -0.15) is 18.2 Å². The number of aromatic nitrogens is 4. The Bertz CT molecular complexity index is 1160. The molecule has 6 N–H and O–H groups in total. The van der Waals surface area contributed by atoms with Gasteiger partial charge in [0.2, 0.25) is 11.9 Å². The second-order valence-corrected chi connectivity index (χ2v) is 6.99. The summed E-state index contributed by atoms with van der Waals surface area (Å²) in [4.78, 5) is 26.6. The van der Waals surface area contributed by atoms with Gasteiger partial charge in [-0.1, -0.05) is 23.7 Å². The van der Waals surface area contributed by atoms with E-state index in [1.807, 2.05) is 13.0 Å². The number of hydrogen-bond donors (Lipinski definition) is 4. The molecule has 2 aromatic heterocycles. The van der Waals surface area contributed by atoms with Gasteiger partial charge in [-0.15, -0.1) is 0 Å². The molecule has 3 aromatic rings. The molecule has 0 radical (unpaired) electrons. The van der Waals surface area contributed by atoms with E-state index >= 15 is 0 Å². The third kappa shape index (κ3) is 5.32. The van der Waals surface area contributed by atoms with E-state index in [0.717, 1.165) is 17.3 Å². The van der Waals surface area contributed by atoms with Gasteiger partial charge in [0.1, 0.15) is 5.82 Å². The van der Waals surface area contributed by atoms with Crippen molar-refractivity contribution in [1.29, 1.82) is 0 Å². The largest absolute Gasteiger partial charge is 0.434 e. The Kier molecular flexibility index (Phi) is 6.63. The molecule has 168 valence electrons. The van der Waals surface area contributed by atoms with Crippen LogP contribution < -0.4 is 22.1 Å². The number of nitrogens with two attached hydrogens (primary N) is 2. The highest BCUT2D eigenvalue weighted by Crippen LogP contribution is 2.31. The van der Waals surface area contributed by atoms with E-state index in [1.165, 1.54) is 0 Å². The van der Waals surface area contributed by atoms with Crippen LogP contribution in [-0.4, -0.2) is 38.9 Å². The molecule has 0 unspecified atom stereocenters. The van der Waals surface area contributed by atoms with E-state index in [0.29, 0.717) is 16.5 Å². The summed E-state index contributed by atoms with van der Waals surface area (Å²) in [5, 5.41) is 6.22. The summed E-state index contributed by atoms with van der Waals surface area (Å²) in [6.07, 6.45) is -4.12. The second-order valence-electron chi connectivity index (χ2n) is 6.58. The maximum Gasteiger partial charge on any atom is 0.434 e. The summed E-state index contributed by atoms with van der Waals surface area (Å²) >= 11 is 6.16. The Morgan fingerprint density at radius 3 is 2.56 bits per heavy atom. The van der Waals surface area contributed by atoms with Crippen LogP contribution in [0.1, 0.15) is 21.6 Å². The molecule has 1 amide bonds. The Hall–Kier alpha value is -3.67. The number of alkyl halides is 3. The first-order valence-electron chi connectivity index (χ1n) is 9.18. The number of nitrogens with one attached hydrogen (secondary N) is 2. The van der Waals surface area contributed by atoms with Crippen LogP contribution in [-0.2, 0) is 6.18 Å². The van der Waals surface area contributed by atoms with Gasteiger partial charge < -0.3 is 22.1 Å². The van der Waals surface area contributed by atoms with Crippen LogP contribution in [0.4, 0.5) is 30.9 Å². The van der Waals surface area contributed by atoms with Crippen molar-refractivity contribution in [1.82, 2.24) is 19.9 Å². The molecule has 0 aliphatic rings. The normalized spacial score (nSPS) is 11.3. The zero-order valence-corrected chi connectivity index (χ0v) is 17.4. The molecule has 13 heteroatoms. The van der Waals surface area contributed by atoms with E-state index in [1.54, 1.807) is 18.2 Å². The third-order valence-corrected chi connectivity index (χ3v) is 4.73. The lowest BCUT2D eigenvalue weighted by atomic mass is 10.1. The average Bonchev–Trinajstić information content (AvgIpc) is 2.72. The lowest BCUT2D eigenvalue weighted by Crippen LogP contribution is -2.23. The second kappa shape index (κ2) is 9.22. The van der Waals surface area contributed by atoms with Gasteiger partial charge in [0, 0.05) is 35.9 Å². The zero-order valence-electron chi connectivity index (χ0n) is 16.7. The molecule has 1 aromatic carbocycles. The van der Waals surface area contributed by atoms with E-state index < -0.39 is 23.3 Å². The molecule has 3 rings (SSSR count). The van der Waals surface area contributed by atoms with Crippen molar-refractivity contribution in [3.05, 3.63) is 52.3 Å². The van der Waals surface area contributed by atoms with E-state index in [9.17, 15) is 18.0 Å². The molecular weight excluding hydrogens is 449 g/mol. The predicted octanol–water partition coefficient (Wildman–Crippen LogP) is 3.12. The van der Waals surface area contributed by atoms with Gasteiger partial charge >= 0.3 is 6.18 Å². The molecule has 0 aliphatic heterocycles. The van der Waals surface area contributed by atoms with Crippen molar-refractivity contribution < 1.29 is 18.0 Å². The van der Waals surface area contributed by atoms with Crippen LogP contribution in [0, 0.1) is 6.92 Å². The topological polar surface area (TPSA) is 145 Å². The highest BCUT2D eigenvalue weighted by molar-refractivity contribution is 6.31. The molecule has 0 saturated heterocycles. The van der Waals surface area contributed by atoms with Gasteiger partial charge in [-0.05, 0) is 18.6 Å². The van der Waals surface area contributed by atoms with Crippen molar-refractivity contribution in [2.75, 3.05) is 29.5 Å². The lowest BCUT2D eigenvalue weighted by molar-refractivity contribution is -0.141. The Morgan fingerprint density at radius 2 is 1.88 bits per heavy atom. The molecule has 0 bridgehead atoms. The van der Waals surface area contributed by atoms with Crippen LogP contribution in [0.15, 0.2) is 30.5 Å². The van der Waals surface area contributed by atoms with Crippen LogP contribution in [0.25, 0.3) is 11.3 Å². The smallest absolute Gasteiger partial charge is 0.368 e.